The van der Waals surface area contributed by atoms with Gasteiger partial charge >= 0.3 is 0 Å². The van der Waals surface area contributed by atoms with Gasteiger partial charge in [0.15, 0.2) is 3.95 Å². The number of hydrogen-bond acceptors (Lipinski definition) is 7. The Morgan fingerprint density at radius 2 is 2.10 bits per heavy atom. The molecule has 0 unspecified atom stereocenters. The number of ether oxygens (including phenoxy) is 1. The summed E-state index contributed by atoms with van der Waals surface area (Å²) in [5, 5.41) is 20.1. The Balaban J connectivity index is 1.64. The van der Waals surface area contributed by atoms with Crippen molar-refractivity contribution in [2.75, 3.05) is 12.5 Å². The number of thiazole rings is 1. The highest BCUT2D eigenvalue weighted by molar-refractivity contribution is 7.73. The van der Waals surface area contributed by atoms with Gasteiger partial charge in [-0.25, -0.2) is 0 Å². The summed E-state index contributed by atoms with van der Waals surface area (Å²) in [4.78, 5) is 17.3. The predicted molar refractivity (Wildman–Crippen MR) is 116 cm³/mol. The number of carbonyl (C=O) groups is 1. The third kappa shape index (κ3) is 3.65. The molecule has 1 aromatic heterocycles. The molecule has 1 aliphatic heterocycles. The molecule has 0 fully saturated rings. The van der Waals surface area contributed by atoms with E-state index >= 15 is 0 Å². The fourth-order valence-corrected chi connectivity index (χ4v) is 4.02. The zero-order chi connectivity index (χ0) is 20.5. The summed E-state index contributed by atoms with van der Waals surface area (Å²) in [6.45, 7) is 0. The number of amides is 1. The number of nitrogens with one attached hydrogen (secondary N) is 1. The quantitative estimate of drug-likeness (QED) is 0.541. The number of aromatic nitrogens is 1. The average Bonchev–Trinajstić information content (AvgIpc) is 3.23. The molecule has 2 aromatic carbocycles. The molecular formula is C20H15N3O4S2. The van der Waals surface area contributed by atoms with Gasteiger partial charge in [-0.05, 0) is 48.6 Å². The number of nitrogens with zero attached hydrogens (tertiary/aromatic N) is 2. The van der Waals surface area contributed by atoms with Crippen LogP contribution in [0.15, 0.2) is 47.5 Å². The summed E-state index contributed by atoms with van der Waals surface area (Å²) < 4.78 is 6.62. The van der Waals surface area contributed by atoms with Crippen LogP contribution in [0.25, 0.3) is 11.6 Å². The lowest BCUT2D eigenvalue weighted by Crippen LogP contribution is -2.22. The van der Waals surface area contributed by atoms with Crippen LogP contribution in [0.1, 0.15) is 20.8 Å². The summed E-state index contributed by atoms with van der Waals surface area (Å²) in [6.07, 6.45) is 3.45. The smallest absolute Gasteiger partial charge is 0.270 e. The minimum Gasteiger partial charge on any atom is -0.508 e. The first-order valence-electron chi connectivity index (χ1n) is 8.45. The highest BCUT2D eigenvalue weighted by Gasteiger charge is 2.18. The third-order valence-electron chi connectivity index (χ3n) is 4.28. The normalized spacial score (nSPS) is 13.5. The van der Waals surface area contributed by atoms with E-state index in [9.17, 15) is 15.0 Å². The Morgan fingerprint density at radius 1 is 1.28 bits per heavy atom. The molecule has 3 N–H and O–H groups in total. The van der Waals surface area contributed by atoms with Crippen molar-refractivity contribution in [3.8, 4) is 17.4 Å². The zero-order valence-corrected chi connectivity index (χ0v) is 16.8. The topological polar surface area (TPSA) is 96.1 Å². The average molecular weight is 425 g/mol. The maximum Gasteiger partial charge on any atom is 0.270 e. The summed E-state index contributed by atoms with van der Waals surface area (Å²) in [7, 11) is 1.59. The first-order valence-corrected chi connectivity index (χ1v) is 9.68. The molecule has 1 amide bonds. The van der Waals surface area contributed by atoms with Crippen molar-refractivity contribution in [2.45, 2.75) is 0 Å². The number of hydrogen-bond donors (Lipinski definition) is 3. The highest BCUT2D eigenvalue weighted by atomic mass is 32.1. The van der Waals surface area contributed by atoms with Crippen molar-refractivity contribution in [3.63, 3.8) is 0 Å². The second-order valence-electron chi connectivity index (χ2n) is 6.12. The Hall–Kier alpha value is -3.43. The van der Waals surface area contributed by atoms with Crippen LogP contribution in [0.3, 0.4) is 0 Å². The van der Waals surface area contributed by atoms with E-state index in [4.69, 9.17) is 17.0 Å². The molecule has 2 heterocycles. The second kappa shape index (κ2) is 7.53. The predicted octanol–water partition coefficient (Wildman–Crippen LogP) is 4.34. The molecule has 146 valence electrons. The fourth-order valence-electron chi connectivity index (χ4n) is 2.84. The van der Waals surface area contributed by atoms with Gasteiger partial charge in [-0.1, -0.05) is 17.4 Å². The van der Waals surface area contributed by atoms with Crippen LogP contribution in [0.5, 0.6) is 17.4 Å². The molecule has 0 bridgehead atoms. The molecule has 9 heteroatoms. The third-order valence-corrected chi connectivity index (χ3v) is 5.59. The van der Waals surface area contributed by atoms with Crippen molar-refractivity contribution < 1.29 is 19.7 Å². The van der Waals surface area contributed by atoms with Gasteiger partial charge in [0, 0.05) is 29.0 Å². The van der Waals surface area contributed by atoms with Gasteiger partial charge < -0.3 is 14.9 Å². The monoisotopic (exact) mass is 425 g/mol. The lowest BCUT2D eigenvalue weighted by Gasteiger charge is -2.07. The van der Waals surface area contributed by atoms with Gasteiger partial charge in [0.25, 0.3) is 5.91 Å². The van der Waals surface area contributed by atoms with Gasteiger partial charge in [-0.2, -0.15) is 4.68 Å². The Labute approximate surface area is 174 Å². The number of phenolic OH excluding ortho intramolecular Hbond substituents is 1. The number of aromatic hydroxyl groups is 2. The van der Waals surface area contributed by atoms with Crippen LogP contribution in [0.4, 0.5) is 5.69 Å². The highest BCUT2D eigenvalue weighted by Crippen LogP contribution is 2.37. The van der Waals surface area contributed by atoms with Crippen molar-refractivity contribution in [2.24, 2.45) is 4.99 Å². The van der Waals surface area contributed by atoms with E-state index in [0.29, 0.717) is 10.6 Å². The van der Waals surface area contributed by atoms with Gasteiger partial charge in [0.05, 0.1) is 17.7 Å². The number of phenols is 1. The molecule has 0 aliphatic carbocycles. The number of fused-ring (bicyclic) bond motifs is 1. The largest absolute Gasteiger partial charge is 0.508 e. The number of rotatable bonds is 4. The van der Waals surface area contributed by atoms with Crippen molar-refractivity contribution in [1.29, 1.82) is 0 Å². The van der Waals surface area contributed by atoms with E-state index in [1.54, 1.807) is 31.5 Å². The van der Waals surface area contributed by atoms with Crippen molar-refractivity contribution >= 4 is 53.0 Å². The number of methoxy groups -OCH3 is 1. The van der Waals surface area contributed by atoms with E-state index in [-0.39, 0.29) is 21.1 Å². The standard InChI is InChI=1S/C20H15N3O4S2/c1-27-14-5-6-15-12(10-21-16(15)9-14)8-17-19(26)23(20(28)29-17)22-18(25)11-3-2-4-13(24)7-11/h2-10,24,26H,1H3,(H,22,25). The van der Waals surface area contributed by atoms with Crippen LogP contribution < -0.4 is 10.2 Å². The van der Waals surface area contributed by atoms with Gasteiger partial charge in [-0.15, -0.1) is 0 Å². The minimum atomic E-state index is -0.510. The van der Waals surface area contributed by atoms with Gasteiger partial charge in [0.2, 0.25) is 5.88 Å². The molecule has 0 spiro atoms. The van der Waals surface area contributed by atoms with E-state index in [1.807, 2.05) is 18.2 Å². The SMILES string of the molecule is COc1ccc2c(c1)N=CC2=Cc1sc(=S)n(NC(=O)c2cccc(O)c2)c1O. The number of benzene rings is 2. The molecule has 0 atom stereocenters. The number of aliphatic imine (C=N–C) groups is 1. The zero-order valence-electron chi connectivity index (χ0n) is 15.1. The minimum absolute atomic E-state index is 0.0305. The summed E-state index contributed by atoms with van der Waals surface area (Å²) in [6, 6.07) is 11.4. The molecule has 7 nitrogen and oxygen atoms in total. The molecule has 3 aromatic rings. The Bertz CT molecular complexity index is 1240. The molecule has 0 saturated carbocycles. The Kier molecular flexibility index (Phi) is 4.91. The maximum absolute atomic E-state index is 12.4. The Morgan fingerprint density at radius 3 is 2.86 bits per heavy atom. The summed E-state index contributed by atoms with van der Waals surface area (Å²) in [5.41, 5.74) is 5.27. The molecule has 0 saturated heterocycles. The van der Waals surface area contributed by atoms with Crippen LogP contribution in [0.2, 0.25) is 0 Å². The molecule has 29 heavy (non-hydrogen) atoms. The lowest BCUT2D eigenvalue weighted by atomic mass is 10.1. The lowest BCUT2D eigenvalue weighted by molar-refractivity contribution is 0.100. The van der Waals surface area contributed by atoms with Crippen LogP contribution in [-0.2, 0) is 0 Å². The molecule has 1 aliphatic rings. The summed E-state index contributed by atoms with van der Waals surface area (Å²) >= 11 is 6.44. The van der Waals surface area contributed by atoms with E-state index < -0.39 is 5.91 Å². The van der Waals surface area contributed by atoms with E-state index in [2.05, 4.69) is 10.4 Å². The summed E-state index contributed by atoms with van der Waals surface area (Å²) in [5.74, 6) is -0.0148. The van der Waals surface area contributed by atoms with Crippen LogP contribution in [0, 0.1) is 3.95 Å². The molecule has 4 rings (SSSR count). The number of carbonyl (C=O) groups excluding carboxylic acids is 1. The van der Waals surface area contributed by atoms with Crippen molar-refractivity contribution in [1.82, 2.24) is 4.68 Å². The van der Waals surface area contributed by atoms with Crippen LogP contribution in [-0.4, -0.2) is 34.1 Å². The fraction of sp³-hybridized carbons (Fsp3) is 0.0500. The van der Waals surface area contributed by atoms with E-state index in [1.165, 1.54) is 12.1 Å². The van der Waals surface area contributed by atoms with Gasteiger partial charge in [-0.3, -0.25) is 15.2 Å². The molecule has 0 radical (unpaired) electrons. The first kappa shape index (κ1) is 18.9. The van der Waals surface area contributed by atoms with Crippen molar-refractivity contribution in [3.05, 3.63) is 62.4 Å². The second-order valence-corrected chi connectivity index (χ2v) is 7.80. The van der Waals surface area contributed by atoms with Crippen LogP contribution >= 0.6 is 23.6 Å². The molecular weight excluding hydrogens is 410 g/mol. The van der Waals surface area contributed by atoms with E-state index in [0.717, 1.165) is 32.8 Å². The van der Waals surface area contributed by atoms with Gasteiger partial charge in [0.1, 0.15) is 11.5 Å². The number of allylic oxidation sites excluding steroid dienone is 1. The first-order chi connectivity index (χ1) is 14.0. The maximum atomic E-state index is 12.4.